The Kier molecular flexibility index (Phi) is 8.14. The molecule has 10 heteroatoms. The van der Waals surface area contributed by atoms with Gasteiger partial charge in [-0.15, -0.1) is 10.2 Å². The molecule has 0 unspecified atom stereocenters. The van der Waals surface area contributed by atoms with Crippen LogP contribution in [0.2, 0.25) is 5.02 Å². The number of thioether (sulfide) groups is 1. The number of aliphatic carboxylic acids is 1. The molecule has 0 aliphatic carbocycles. The third-order valence-corrected chi connectivity index (χ3v) is 5.97. The van der Waals surface area contributed by atoms with Crippen LogP contribution in [-0.2, 0) is 11.4 Å². The van der Waals surface area contributed by atoms with Crippen molar-refractivity contribution in [2.24, 2.45) is 0 Å². The van der Waals surface area contributed by atoms with E-state index in [1.807, 2.05) is 18.2 Å². The molecule has 0 aliphatic rings. The Labute approximate surface area is 216 Å². The van der Waals surface area contributed by atoms with E-state index < -0.39 is 5.97 Å². The number of ether oxygens (including phenoxy) is 3. The molecular formula is C26H21ClN2O6S. The number of hydrogen-bond donors (Lipinski definition) is 1. The summed E-state index contributed by atoms with van der Waals surface area (Å²) in [5.41, 5.74) is 2.20. The summed E-state index contributed by atoms with van der Waals surface area (Å²) in [6, 6.07) is 19.6. The molecule has 0 saturated carbocycles. The SMILES string of the molecule is COc1cc(OC)cc(-c2nnc(S/C(=C\c3ccc(OCc4cccc(Cl)c4)cc3)C(=O)O)o2)c1. The summed E-state index contributed by atoms with van der Waals surface area (Å²) in [5.74, 6) is 0.849. The highest BCUT2D eigenvalue weighted by atomic mass is 35.5. The van der Waals surface area contributed by atoms with E-state index in [1.165, 1.54) is 20.3 Å². The van der Waals surface area contributed by atoms with Crippen molar-refractivity contribution in [3.05, 3.63) is 87.8 Å². The minimum Gasteiger partial charge on any atom is -0.497 e. The van der Waals surface area contributed by atoms with Crippen molar-refractivity contribution < 1.29 is 28.5 Å². The van der Waals surface area contributed by atoms with Gasteiger partial charge in [-0.05, 0) is 65.4 Å². The van der Waals surface area contributed by atoms with E-state index in [4.69, 9.17) is 30.2 Å². The predicted octanol–water partition coefficient (Wildman–Crippen LogP) is 6.20. The second kappa shape index (κ2) is 11.7. The van der Waals surface area contributed by atoms with Gasteiger partial charge in [0.05, 0.1) is 14.2 Å². The first-order valence-corrected chi connectivity index (χ1v) is 11.8. The lowest BCUT2D eigenvalue weighted by Gasteiger charge is -2.07. The maximum absolute atomic E-state index is 11.9. The Balaban J connectivity index is 1.46. The number of aromatic nitrogens is 2. The monoisotopic (exact) mass is 524 g/mol. The van der Waals surface area contributed by atoms with Crippen LogP contribution < -0.4 is 14.2 Å². The van der Waals surface area contributed by atoms with Crippen LogP contribution in [0.25, 0.3) is 17.5 Å². The Morgan fingerprint density at radius 1 is 1.00 bits per heavy atom. The summed E-state index contributed by atoms with van der Waals surface area (Å²) >= 11 is 6.85. The molecule has 4 rings (SSSR count). The largest absolute Gasteiger partial charge is 0.497 e. The van der Waals surface area contributed by atoms with E-state index in [-0.39, 0.29) is 16.0 Å². The molecule has 8 nitrogen and oxygen atoms in total. The second-order valence-corrected chi connectivity index (χ2v) is 8.81. The van der Waals surface area contributed by atoms with Crippen LogP contribution in [0.3, 0.4) is 0 Å². The number of rotatable bonds is 10. The highest BCUT2D eigenvalue weighted by Gasteiger charge is 2.17. The standard InChI is InChI=1S/C26H21ClN2O6S/c1-32-21-12-18(13-22(14-21)33-2)24-28-29-26(35-24)36-23(25(30)31)11-16-6-8-20(9-7-16)34-15-17-4-3-5-19(27)10-17/h3-14H,15H2,1-2H3,(H,30,31)/b23-11-. The second-order valence-electron chi connectivity index (χ2n) is 7.38. The van der Waals surface area contributed by atoms with Gasteiger partial charge in [0, 0.05) is 16.7 Å². The van der Waals surface area contributed by atoms with Crippen LogP contribution in [0.1, 0.15) is 11.1 Å². The van der Waals surface area contributed by atoms with E-state index >= 15 is 0 Å². The quantitative estimate of drug-likeness (QED) is 0.191. The molecule has 1 heterocycles. The number of carbonyl (C=O) groups is 1. The topological polar surface area (TPSA) is 104 Å². The molecular weight excluding hydrogens is 504 g/mol. The fourth-order valence-corrected chi connectivity index (χ4v) is 4.02. The molecule has 0 aliphatic heterocycles. The van der Waals surface area contributed by atoms with Crippen molar-refractivity contribution in [1.29, 1.82) is 0 Å². The summed E-state index contributed by atoms with van der Waals surface area (Å²) in [6.07, 6.45) is 1.52. The van der Waals surface area contributed by atoms with Gasteiger partial charge in [0.2, 0.25) is 5.89 Å². The molecule has 0 fully saturated rings. The zero-order valence-electron chi connectivity index (χ0n) is 19.3. The van der Waals surface area contributed by atoms with Crippen molar-refractivity contribution in [2.75, 3.05) is 14.2 Å². The minimum absolute atomic E-state index is 0.0148. The number of halogens is 1. The van der Waals surface area contributed by atoms with E-state index in [0.29, 0.717) is 40.0 Å². The molecule has 0 bridgehead atoms. The van der Waals surface area contributed by atoms with Gasteiger partial charge in [-0.2, -0.15) is 0 Å². The predicted molar refractivity (Wildman–Crippen MR) is 137 cm³/mol. The number of nitrogens with zero attached hydrogens (tertiary/aromatic N) is 2. The Morgan fingerprint density at radius 3 is 2.36 bits per heavy atom. The van der Waals surface area contributed by atoms with E-state index in [1.54, 1.807) is 48.5 Å². The lowest BCUT2D eigenvalue weighted by molar-refractivity contribution is -0.131. The average Bonchev–Trinajstić information content (AvgIpc) is 3.36. The molecule has 0 atom stereocenters. The third-order valence-electron chi connectivity index (χ3n) is 4.89. The van der Waals surface area contributed by atoms with Gasteiger partial charge in [-0.3, -0.25) is 0 Å². The van der Waals surface area contributed by atoms with Crippen LogP contribution in [0.15, 0.2) is 81.3 Å². The summed E-state index contributed by atoms with van der Waals surface area (Å²) in [4.78, 5) is 11.9. The zero-order chi connectivity index (χ0) is 25.5. The number of hydrogen-bond acceptors (Lipinski definition) is 8. The first kappa shape index (κ1) is 25.2. The van der Waals surface area contributed by atoms with Crippen LogP contribution in [-0.4, -0.2) is 35.5 Å². The van der Waals surface area contributed by atoms with Crippen molar-refractivity contribution >= 4 is 35.4 Å². The zero-order valence-corrected chi connectivity index (χ0v) is 20.9. The van der Waals surface area contributed by atoms with Crippen LogP contribution in [0.4, 0.5) is 0 Å². The van der Waals surface area contributed by atoms with Crippen LogP contribution >= 0.6 is 23.4 Å². The first-order chi connectivity index (χ1) is 17.4. The number of methoxy groups -OCH3 is 2. The number of carboxylic acid groups (broad SMARTS) is 1. The molecule has 4 aromatic rings. The van der Waals surface area contributed by atoms with Gasteiger partial charge in [0.15, 0.2) is 0 Å². The van der Waals surface area contributed by atoms with Crippen LogP contribution in [0.5, 0.6) is 17.2 Å². The minimum atomic E-state index is -1.12. The Morgan fingerprint density at radius 2 is 1.72 bits per heavy atom. The lowest BCUT2D eigenvalue weighted by atomic mass is 10.2. The smallest absolute Gasteiger partial charge is 0.342 e. The van der Waals surface area contributed by atoms with E-state index in [0.717, 1.165) is 17.3 Å². The van der Waals surface area contributed by atoms with Gasteiger partial charge in [0.1, 0.15) is 28.8 Å². The number of benzene rings is 3. The van der Waals surface area contributed by atoms with Gasteiger partial charge < -0.3 is 23.7 Å². The Hall–Kier alpha value is -3.95. The van der Waals surface area contributed by atoms with E-state index in [2.05, 4.69) is 10.2 Å². The molecule has 0 spiro atoms. The van der Waals surface area contributed by atoms with Gasteiger partial charge >= 0.3 is 5.97 Å². The summed E-state index contributed by atoms with van der Waals surface area (Å²) in [7, 11) is 3.07. The summed E-state index contributed by atoms with van der Waals surface area (Å²) in [5, 5.41) is 18.4. The van der Waals surface area contributed by atoms with Crippen molar-refractivity contribution in [2.45, 2.75) is 11.8 Å². The third kappa shape index (κ3) is 6.59. The summed E-state index contributed by atoms with van der Waals surface area (Å²) < 4.78 is 22.0. The molecule has 0 amide bonds. The van der Waals surface area contributed by atoms with Gasteiger partial charge in [-0.25, -0.2) is 4.79 Å². The average molecular weight is 525 g/mol. The van der Waals surface area contributed by atoms with Gasteiger partial charge in [0.25, 0.3) is 5.22 Å². The molecule has 1 aromatic heterocycles. The molecule has 1 N–H and O–H groups in total. The first-order valence-electron chi connectivity index (χ1n) is 10.6. The molecule has 3 aromatic carbocycles. The lowest BCUT2D eigenvalue weighted by Crippen LogP contribution is -1.97. The Bertz CT molecular complexity index is 1370. The maximum atomic E-state index is 11.9. The molecule has 0 saturated heterocycles. The van der Waals surface area contributed by atoms with Crippen LogP contribution in [0, 0.1) is 0 Å². The van der Waals surface area contributed by atoms with Crippen molar-refractivity contribution in [1.82, 2.24) is 10.2 Å². The molecule has 184 valence electrons. The fourth-order valence-electron chi connectivity index (χ4n) is 3.13. The normalized spacial score (nSPS) is 11.2. The molecule has 36 heavy (non-hydrogen) atoms. The number of carboxylic acids is 1. The fraction of sp³-hybridized carbons (Fsp3) is 0.115. The molecule has 0 radical (unpaired) electrons. The van der Waals surface area contributed by atoms with Crippen molar-refractivity contribution in [3.8, 4) is 28.7 Å². The van der Waals surface area contributed by atoms with Crippen molar-refractivity contribution in [3.63, 3.8) is 0 Å². The summed E-state index contributed by atoms with van der Waals surface area (Å²) in [6.45, 7) is 0.366. The highest BCUT2D eigenvalue weighted by molar-refractivity contribution is 8.03. The highest BCUT2D eigenvalue weighted by Crippen LogP contribution is 2.33. The van der Waals surface area contributed by atoms with Gasteiger partial charge in [-0.1, -0.05) is 35.9 Å². The maximum Gasteiger partial charge on any atom is 0.342 e. The van der Waals surface area contributed by atoms with E-state index in [9.17, 15) is 9.90 Å².